The van der Waals surface area contributed by atoms with E-state index in [1.165, 1.54) is 12.1 Å². The van der Waals surface area contributed by atoms with Crippen molar-refractivity contribution in [1.29, 1.82) is 0 Å². The Morgan fingerprint density at radius 3 is 2.22 bits per heavy atom. The van der Waals surface area contributed by atoms with E-state index >= 15 is 0 Å². The molecule has 0 saturated heterocycles. The molecule has 0 bridgehead atoms. The Morgan fingerprint density at radius 1 is 1.11 bits per heavy atom. The zero-order valence-corrected chi connectivity index (χ0v) is 11.2. The molecule has 94 valence electrons. The Labute approximate surface area is 111 Å². The summed E-state index contributed by atoms with van der Waals surface area (Å²) in [6.45, 7) is 4.23. The van der Waals surface area contributed by atoms with Gasteiger partial charge in [-0.1, -0.05) is 23.7 Å². The summed E-state index contributed by atoms with van der Waals surface area (Å²) in [5.74, 6) is -0.219. The molecule has 2 aromatic carbocycles. The molecule has 0 aliphatic carbocycles. The third-order valence-electron chi connectivity index (χ3n) is 3.04. The van der Waals surface area contributed by atoms with Crippen molar-refractivity contribution in [1.82, 2.24) is 0 Å². The van der Waals surface area contributed by atoms with Gasteiger partial charge in [0, 0.05) is 17.1 Å². The average molecular weight is 264 g/mol. The van der Waals surface area contributed by atoms with Crippen LogP contribution in [-0.2, 0) is 6.54 Å². The maximum Gasteiger partial charge on any atom is 0.123 e. The highest BCUT2D eigenvalue weighted by Crippen LogP contribution is 2.34. The molecule has 0 heterocycles. The third kappa shape index (κ3) is 2.40. The summed E-state index contributed by atoms with van der Waals surface area (Å²) in [5.41, 5.74) is 10.2. The Morgan fingerprint density at radius 2 is 1.72 bits per heavy atom. The number of aryl methyl sites for hydroxylation is 2. The first-order chi connectivity index (χ1) is 8.52. The molecular weight excluding hydrogens is 249 g/mol. The molecule has 2 rings (SSSR count). The molecule has 0 spiro atoms. The van der Waals surface area contributed by atoms with Crippen molar-refractivity contribution in [2.75, 3.05) is 0 Å². The standard InChI is InChI=1S/C15H15ClFN/c1-9-5-12(17)6-10(2)15(9)13-4-3-11(8-18)7-14(13)16/h3-7H,8,18H2,1-2H3. The Balaban J connectivity index is 2.62. The molecule has 18 heavy (non-hydrogen) atoms. The number of benzene rings is 2. The molecule has 1 nitrogen and oxygen atoms in total. The molecule has 0 fully saturated rings. The molecule has 0 amide bonds. The SMILES string of the molecule is Cc1cc(F)cc(C)c1-c1ccc(CN)cc1Cl. The Kier molecular flexibility index (Phi) is 3.69. The van der Waals surface area contributed by atoms with E-state index in [9.17, 15) is 4.39 Å². The minimum atomic E-state index is -0.219. The zero-order chi connectivity index (χ0) is 13.3. The molecule has 2 N–H and O–H groups in total. The van der Waals surface area contributed by atoms with Gasteiger partial charge in [0.05, 0.1) is 0 Å². The van der Waals surface area contributed by atoms with Crippen LogP contribution in [0.4, 0.5) is 4.39 Å². The lowest BCUT2D eigenvalue weighted by Crippen LogP contribution is -1.97. The second kappa shape index (κ2) is 5.09. The summed E-state index contributed by atoms with van der Waals surface area (Å²) in [5, 5.41) is 0.649. The smallest absolute Gasteiger partial charge is 0.123 e. The maximum atomic E-state index is 13.3. The van der Waals surface area contributed by atoms with Crippen LogP contribution in [0.2, 0.25) is 5.02 Å². The number of hydrogen-bond acceptors (Lipinski definition) is 1. The second-order valence-corrected chi connectivity index (χ2v) is 4.84. The lowest BCUT2D eigenvalue weighted by atomic mass is 9.95. The van der Waals surface area contributed by atoms with E-state index in [-0.39, 0.29) is 5.82 Å². The van der Waals surface area contributed by atoms with E-state index in [4.69, 9.17) is 17.3 Å². The summed E-state index contributed by atoms with van der Waals surface area (Å²) in [4.78, 5) is 0. The van der Waals surface area contributed by atoms with Crippen LogP contribution in [0, 0.1) is 19.7 Å². The number of nitrogens with two attached hydrogens (primary N) is 1. The Bertz CT molecular complexity index is 570. The van der Waals surface area contributed by atoms with Crippen LogP contribution in [0.1, 0.15) is 16.7 Å². The Hall–Kier alpha value is -1.38. The topological polar surface area (TPSA) is 26.0 Å². The first-order valence-electron chi connectivity index (χ1n) is 5.78. The van der Waals surface area contributed by atoms with Crippen LogP contribution in [0.3, 0.4) is 0 Å². The van der Waals surface area contributed by atoms with Crippen molar-refractivity contribution < 1.29 is 4.39 Å². The van der Waals surface area contributed by atoms with Crippen LogP contribution >= 0.6 is 11.6 Å². The first kappa shape index (κ1) is 13.1. The van der Waals surface area contributed by atoms with Crippen molar-refractivity contribution in [3.05, 3.63) is 57.9 Å². The highest BCUT2D eigenvalue weighted by Gasteiger charge is 2.11. The molecular formula is C15H15ClFN. The van der Waals surface area contributed by atoms with Crippen LogP contribution in [0.25, 0.3) is 11.1 Å². The summed E-state index contributed by atoms with van der Waals surface area (Å²) in [6.07, 6.45) is 0. The molecule has 0 radical (unpaired) electrons. The zero-order valence-electron chi connectivity index (χ0n) is 10.4. The maximum absolute atomic E-state index is 13.3. The third-order valence-corrected chi connectivity index (χ3v) is 3.35. The molecule has 0 aliphatic rings. The number of rotatable bonds is 2. The quantitative estimate of drug-likeness (QED) is 0.862. The lowest BCUT2D eigenvalue weighted by Gasteiger charge is -2.13. The molecule has 3 heteroatoms. The monoisotopic (exact) mass is 263 g/mol. The number of halogens is 2. The average Bonchev–Trinajstić information content (AvgIpc) is 2.29. The van der Waals surface area contributed by atoms with Gasteiger partial charge in [0.25, 0.3) is 0 Å². The van der Waals surface area contributed by atoms with Crippen molar-refractivity contribution in [3.8, 4) is 11.1 Å². The van der Waals surface area contributed by atoms with Crippen molar-refractivity contribution in [2.45, 2.75) is 20.4 Å². The van der Waals surface area contributed by atoms with Gasteiger partial charge in [0.2, 0.25) is 0 Å². The predicted octanol–water partition coefficient (Wildman–Crippen LogP) is 4.22. The molecule has 2 aromatic rings. The fourth-order valence-corrected chi connectivity index (χ4v) is 2.52. The summed E-state index contributed by atoms with van der Waals surface area (Å²) < 4.78 is 13.3. The van der Waals surface area contributed by atoms with Gasteiger partial charge < -0.3 is 5.73 Å². The van der Waals surface area contributed by atoms with Gasteiger partial charge in [-0.3, -0.25) is 0 Å². The second-order valence-electron chi connectivity index (χ2n) is 4.43. The van der Waals surface area contributed by atoms with E-state index in [0.29, 0.717) is 11.6 Å². The fraction of sp³-hybridized carbons (Fsp3) is 0.200. The summed E-state index contributed by atoms with van der Waals surface area (Å²) >= 11 is 6.28. The molecule has 0 atom stereocenters. The largest absolute Gasteiger partial charge is 0.326 e. The van der Waals surface area contributed by atoms with Gasteiger partial charge in [-0.2, -0.15) is 0 Å². The normalized spacial score (nSPS) is 10.7. The van der Waals surface area contributed by atoms with E-state index < -0.39 is 0 Å². The van der Waals surface area contributed by atoms with Gasteiger partial charge in [0.1, 0.15) is 5.82 Å². The minimum absolute atomic E-state index is 0.219. The van der Waals surface area contributed by atoms with Gasteiger partial charge >= 0.3 is 0 Å². The highest BCUT2D eigenvalue weighted by molar-refractivity contribution is 6.33. The number of hydrogen-bond donors (Lipinski definition) is 1. The molecule has 0 saturated carbocycles. The van der Waals surface area contributed by atoms with E-state index in [1.807, 2.05) is 32.0 Å². The fourth-order valence-electron chi connectivity index (χ4n) is 2.22. The van der Waals surface area contributed by atoms with Crippen molar-refractivity contribution in [2.24, 2.45) is 5.73 Å². The van der Waals surface area contributed by atoms with Crippen LogP contribution in [0.5, 0.6) is 0 Å². The van der Waals surface area contributed by atoms with Crippen LogP contribution < -0.4 is 5.73 Å². The predicted molar refractivity (Wildman–Crippen MR) is 74.2 cm³/mol. The van der Waals surface area contributed by atoms with Crippen molar-refractivity contribution in [3.63, 3.8) is 0 Å². The summed E-state index contributed by atoms with van der Waals surface area (Å²) in [6, 6.07) is 8.80. The molecule has 0 aromatic heterocycles. The van der Waals surface area contributed by atoms with Gasteiger partial charge in [0.15, 0.2) is 0 Å². The summed E-state index contributed by atoms with van der Waals surface area (Å²) in [7, 11) is 0. The highest BCUT2D eigenvalue weighted by atomic mass is 35.5. The first-order valence-corrected chi connectivity index (χ1v) is 6.16. The van der Waals surface area contributed by atoms with Crippen molar-refractivity contribution >= 4 is 11.6 Å². The van der Waals surface area contributed by atoms with E-state index in [0.717, 1.165) is 27.8 Å². The van der Waals surface area contributed by atoms with Gasteiger partial charge in [-0.15, -0.1) is 0 Å². The molecule has 0 aliphatic heterocycles. The molecule has 0 unspecified atom stereocenters. The van der Waals surface area contributed by atoms with E-state index in [1.54, 1.807) is 0 Å². The lowest BCUT2D eigenvalue weighted by molar-refractivity contribution is 0.625. The van der Waals surface area contributed by atoms with Gasteiger partial charge in [-0.25, -0.2) is 4.39 Å². The van der Waals surface area contributed by atoms with Gasteiger partial charge in [-0.05, 0) is 54.3 Å². The van der Waals surface area contributed by atoms with Crippen LogP contribution in [-0.4, -0.2) is 0 Å². The minimum Gasteiger partial charge on any atom is -0.326 e. The van der Waals surface area contributed by atoms with E-state index in [2.05, 4.69) is 0 Å². The van der Waals surface area contributed by atoms with Crippen LogP contribution in [0.15, 0.2) is 30.3 Å².